The molecule has 182 valence electrons. The van der Waals surface area contributed by atoms with Crippen molar-refractivity contribution in [1.82, 2.24) is 10.2 Å². The van der Waals surface area contributed by atoms with Crippen LogP contribution in [0.2, 0.25) is 0 Å². The molecule has 0 spiro atoms. The monoisotopic (exact) mass is 466 g/mol. The number of alkyl carbamates (subject to hydrolysis) is 1. The van der Waals surface area contributed by atoms with E-state index < -0.39 is 30.1 Å². The molecule has 0 bridgehead atoms. The Bertz CT molecular complexity index is 990. The summed E-state index contributed by atoms with van der Waals surface area (Å²) < 4.78 is 5.61. The van der Waals surface area contributed by atoms with Crippen molar-refractivity contribution in [2.45, 2.75) is 58.5 Å². The number of carbonyl (C=O) groups excluding carboxylic acids is 2. The highest BCUT2D eigenvalue weighted by molar-refractivity contribution is 5.89. The summed E-state index contributed by atoms with van der Waals surface area (Å²) in [6.07, 6.45) is 0.436. The Labute approximate surface area is 201 Å². The number of amides is 2. The highest BCUT2D eigenvalue weighted by atomic mass is 16.5. The first-order chi connectivity index (χ1) is 16.2. The van der Waals surface area contributed by atoms with Crippen LogP contribution in [0.15, 0.2) is 48.5 Å². The molecule has 1 aliphatic carbocycles. The second kappa shape index (κ2) is 11.2. The predicted molar refractivity (Wildman–Crippen MR) is 131 cm³/mol. The van der Waals surface area contributed by atoms with E-state index in [4.69, 9.17) is 4.74 Å². The molecule has 7 nitrogen and oxygen atoms in total. The molecule has 0 saturated carbocycles. The first kappa shape index (κ1) is 25.3. The molecule has 0 heterocycles. The van der Waals surface area contributed by atoms with Gasteiger partial charge in [-0.15, -0.1) is 0 Å². The third-order valence-electron chi connectivity index (χ3n) is 6.42. The molecule has 0 radical (unpaired) electrons. The lowest BCUT2D eigenvalue weighted by atomic mass is 9.98. The Kier molecular flexibility index (Phi) is 8.31. The zero-order valence-electron chi connectivity index (χ0n) is 20.3. The van der Waals surface area contributed by atoms with E-state index in [1.165, 1.54) is 11.8 Å². The number of benzene rings is 2. The van der Waals surface area contributed by atoms with Gasteiger partial charge in [0.2, 0.25) is 5.91 Å². The lowest BCUT2D eigenvalue weighted by molar-refractivity contribution is -0.150. The molecule has 34 heavy (non-hydrogen) atoms. The van der Waals surface area contributed by atoms with Crippen molar-refractivity contribution in [1.29, 1.82) is 0 Å². The maximum absolute atomic E-state index is 13.1. The quantitative estimate of drug-likeness (QED) is 0.531. The molecular weight excluding hydrogens is 432 g/mol. The van der Waals surface area contributed by atoms with E-state index in [1.807, 2.05) is 50.2 Å². The highest BCUT2D eigenvalue weighted by Crippen LogP contribution is 2.44. The molecule has 0 aromatic heterocycles. The topological polar surface area (TPSA) is 95.9 Å². The van der Waals surface area contributed by atoms with E-state index in [0.29, 0.717) is 18.8 Å². The van der Waals surface area contributed by atoms with Crippen LogP contribution in [-0.2, 0) is 14.3 Å². The SMILES string of the molecule is CCN(C(=O)C(CCC(C)C)NC(=O)OCC1c2ccccc2-c2ccccc21)C(C)C(=O)O. The van der Waals surface area contributed by atoms with Gasteiger partial charge in [-0.3, -0.25) is 4.79 Å². The van der Waals surface area contributed by atoms with E-state index in [9.17, 15) is 19.5 Å². The first-order valence-electron chi connectivity index (χ1n) is 11.9. The Morgan fingerprint density at radius 3 is 2.03 bits per heavy atom. The van der Waals surface area contributed by atoms with Crippen molar-refractivity contribution < 1.29 is 24.2 Å². The van der Waals surface area contributed by atoms with Gasteiger partial charge in [0, 0.05) is 12.5 Å². The van der Waals surface area contributed by atoms with E-state index in [2.05, 4.69) is 17.4 Å². The number of fused-ring (bicyclic) bond motifs is 3. The van der Waals surface area contributed by atoms with Gasteiger partial charge in [0.15, 0.2) is 0 Å². The summed E-state index contributed by atoms with van der Waals surface area (Å²) in [5.41, 5.74) is 4.49. The van der Waals surface area contributed by atoms with E-state index in [0.717, 1.165) is 22.3 Å². The third kappa shape index (κ3) is 5.58. The van der Waals surface area contributed by atoms with Crippen LogP contribution in [0.5, 0.6) is 0 Å². The number of nitrogens with zero attached hydrogens (tertiary/aromatic N) is 1. The van der Waals surface area contributed by atoms with Crippen LogP contribution >= 0.6 is 0 Å². The summed E-state index contributed by atoms with van der Waals surface area (Å²) in [4.78, 5) is 38.7. The van der Waals surface area contributed by atoms with Gasteiger partial charge in [-0.05, 0) is 54.9 Å². The summed E-state index contributed by atoms with van der Waals surface area (Å²) in [6, 6.07) is 14.3. The summed E-state index contributed by atoms with van der Waals surface area (Å²) in [7, 11) is 0. The predicted octanol–water partition coefficient (Wildman–Crippen LogP) is 4.65. The zero-order valence-corrected chi connectivity index (χ0v) is 20.3. The summed E-state index contributed by atoms with van der Waals surface area (Å²) in [5.74, 6) is -1.25. The Morgan fingerprint density at radius 2 is 1.53 bits per heavy atom. The minimum atomic E-state index is -1.08. The number of hydrogen-bond donors (Lipinski definition) is 2. The summed E-state index contributed by atoms with van der Waals surface area (Å²) in [6.45, 7) is 7.64. The van der Waals surface area contributed by atoms with Crippen molar-refractivity contribution in [3.63, 3.8) is 0 Å². The molecule has 2 amide bonds. The van der Waals surface area contributed by atoms with Crippen LogP contribution in [0.25, 0.3) is 11.1 Å². The summed E-state index contributed by atoms with van der Waals surface area (Å²) in [5, 5.41) is 12.1. The van der Waals surface area contributed by atoms with Crippen LogP contribution in [0, 0.1) is 5.92 Å². The van der Waals surface area contributed by atoms with Crippen molar-refractivity contribution in [3.05, 3.63) is 59.7 Å². The zero-order chi connectivity index (χ0) is 24.8. The van der Waals surface area contributed by atoms with Gasteiger partial charge in [0.1, 0.15) is 18.7 Å². The van der Waals surface area contributed by atoms with Crippen LogP contribution in [0.1, 0.15) is 57.6 Å². The second-order valence-electron chi connectivity index (χ2n) is 9.13. The minimum absolute atomic E-state index is 0.0814. The van der Waals surface area contributed by atoms with Gasteiger partial charge in [0.25, 0.3) is 0 Å². The van der Waals surface area contributed by atoms with Crippen LogP contribution in [0.4, 0.5) is 4.79 Å². The lowest BCUT2D eigenvalue weighted by Gasteiger charge is -2.30. The largest absolute Gasteiger partial charge is 0.480 e. The Hall–Kier alpha value is -3.35. The van der Waals surface area contributed by atoms with Gasteiger partial charge < -0.3 is 20.1 Å². The fraction of sp³-hybridized carbons (Fsp3) is 0.444. The van der Waals surface area contributed by atoms with Gasteiger partial charge in [-0.1, -0.05) is 62.4 Å². The van der Waals surface area contributed by atoms with Crippen LogP contribution in [0.3, 0.4) is 0 Å². The fourth-order valence-electron chi connectivity index (χ4n) is 4.49. The maximum Gasteiger partial charge on any atom is 0.407 e. The molecule has 2 unspecified atom stereocenters. The van der Waals surface area contributed by atoms with E-state index >= 15 is 0 Å². The smallest absolute Gasteiger partial charge is 0.407 e. The minimum Gasteiger partial charge on any atom is -0.480 e. The van der Waals surface area contributed by atoms with Crippen LogP contribution < -0.4 is 5.32 Å². The standard InChI is InChI=1S/C27H34N2O5/c1-5-29(18(4)26(31)32)25(30)24(15-14-17(2)3)28-27(33)34-16-23-21-12-8-6-10-19(21)20-11-7-9-13-22(20)23/h6-13,17-18,23-24H,5,14-16H2,1-4H3,(H,28,33)(H,31,32). The van der Waals surface area contributed by atoms with Crippen molar-refractivity contribution in [3.8, 4) is 11.1 Å². The fourth-order valence-corrected chi connectivity index (χ4v) is 4.49. The number of aliphatic carboxylic acids is 1. The molecule has 2 atom stereocenters. The molecule has 0 fully saturated rings. The second-order valence-corrected chi connectivity index (χ2v) is 9.13. The average molecular weight is 467 g/mol. The Balaban J connectivity index is 1.71. The lowest BCUT2D eigenvalue weighted by Crippen LogP contribution is -2.53. The molecule has 0 saturated heterocycles. The van der Waals surface area contributed by atoms with Gasteiger partial charge in [-0.2, -0.15) is 0 Å². The number of rotatable bonds is 10. The number of carbonyl (C=O) groups is 3. The maximum atomic E-state index is 13.1. The average Bonchev–Trinajstić information content (AvgIpc) is 3.14. The van der Waals surface area contributed by atoms with E-state index in [1.54, 1.807) is 6.92 Å². The molecule has 0 aliphatic heterocycles. The number of likely N-dealkylation sites (N-methyl/N-ethyl adjacent to an activating group) is 1. The molecular formula is C27H34N2O5. The van der Waals surface area contributed by atoms with Crippen molar-refractivity contribution >= 4 is 18.0 Å². The molecule has 2 aromatic rings. The highest BCUT2D eigenvalue weighted by Gasteiger charge is 2.32. The van der Waals surface area contributed by atoms with Gasteiger partial charge in [-0.25, -0.2) is 9.59 Å². The van der Waals surface area contributed by atoms with Gasteiger partial charge in [0.05, 0.1) is 0 Å². The van der Waals surface area contributed by atoms with Crippen molar-refractivity contribution in [2.24, 2.45) is 5.92 Å². The molecule has 1 aliphatic rings. The number of nitrogens with one attached hydrogen (secondary N) is 1. The van der Waals surface area contributed by atoms with Gasteiger partial charge >= 0.3 is 12.1 Å². The van der Waals surface area contributed by atoms with E-state index in [-0.39, 0.29) is 19.1 Å². The summed E-state index contributed by atoms with van der Waals surface area (Å²) >= 11 is 0. The van der Waals surface area contributed by atoms with Crippen LogP contribution in [-0.4, -0.2) is 53.2 Å². The molecule has 2 aromatic carbocycles. The first-order valence-corrected chi connectivity index (χ1v) is 11.9. The third-order valence-corrected chi connectivity index (χ3v) is 6.42. The van der Waals surface area contributed by atoms with Crippen molar-refractivity contribution in [2.75, 3.05) is 13.2 Å². The molecule has 2 N–H and O–H groups in total. The number of carboxylic acids is 1. The molecule has 3 rings (SSSR count). The Morgan fingerprint density at radius 1 is 0.971 bits per heavy atom. The number of ether oxygens (including phenoxy) is 1. The number of carboxylic acid groups (broad SMARTS) is 1. The normalized spacial score (nSPS) is 14.1. The number of hydrogen-bond acceptors (Lipinski definition) is 4. The molecule has 7 heteroatoms.